The van der Waals surface area contributed by atoms with E-state index in [2.05, 4.69) is 35.9 Å². The number of aromatic nitrogens is 4. The molecular weight excluding hydrogens is 562 g/mol. The molecule has 0 spiro atoms. The van der Waals surface area contributed by atoms with Crippen molar-refractivity contribution in [3.8, 4) is 0 Å². The van der Waals surface area contributed by atoms with E-state index in [1.54, 1.807) is 33.2 Å². The summed E-state index contributed by atoms with van der Waals surface area (Å²) in [6.45, 7) is 5.18. The number of amides is 3. The Hall–Kier alpha value is -4.97. The van der Waals surface area contributed by atoms with Crippen LogP contribution in [0.25, 0.3) is 0 Å². The van der Waals surface area contributed by atoms with Crippen LogP contribution in [0, 0.1) is 0 Å². The van der Waals surface area contributed by atoms with Crippen LogP contribution in [0.2, 0.25) is 0 Å². The third kappa shape index (κ3) is 9.80. The van der Waals surface area contributed by atoms with Gasteiger partial charge in [0, 0.05) is 31.4 Å². The third-order valence-electron chi connectivity index (χ3n) is 6.70. The first kappa shape index (κ1) is 32.0. The van der Waals surface area contributed by atoms with Gasteiger partial charge in [0.25, 0.3) is 0 Å². The highest BCUT2D eigenvalue weighted by Gasteiger charge is 2.32. The van der Waals surface area contributed by atoms with Crippen LogP contribution in [-0.2, 0) is 33.6 Å². The van der Waals surface area contributed by atoms with Gasteiger partial charge in [0.2, 0.25) is 11.8 Å². The summed E-state index contributed by atoms with van der Waals surface area (Å²) in [5.41, 5.74) is 1.46. The van der Waals surface area contributed by atoms with Crippen molar-refractivity contribution in [2.45, 2.75) is 69.9 Å². The van der Waals surface area contributed by atoms with Gasteiger partial charge in [-0.15, -0.1) is 0 Å². The van der Waals surface area contributed by atoms with Crippen molar-refractivity contribution in [1.29, 1.82) is 0 Å². The zero-order chi connectivity index (χ0) is 31.5. The lowest BCUT2D eigenvalue weighted by molar-refractivity contribution is -0.130. The number of aromatic amines is 2. The average Bonchev–Trinajstić information content (AvgIpc) is 3.71. The zero-order valence-corrected chi connectivity index (χ0v) is 25.0. The number of carbonyl (C=O) groups is 3. The second-order valence-corrected chi connectivity index (χ2v) is 11.4. The predicted molar refractivity (Wildman–Crippen MR) is 163 cm³/mol. The molecule has 4 atom stereocenters. The molecule has 0 radical (unpaired) electrons. The van der Waals surface area contributed by atoms with Gasteiger partial charge in [-0.05, 0) is 38.3 Å². The van der Waals surface area contributed by atoms with Crippen LogP contribution in [-0.4, -0.2) is 66.7 Å². The fraction of sp³-hybridized carbons (Fsp3) is 0.344. The first-order valence-corrected chi connectivity index (χ1v) is 14.4. The molecule has 232 valence electrons. The maximum atomic E-state index is 13.9. The van der Waals surface area contributed by atoms with Crippen LogP contribution in [0.4, 0.5) is 4.79 Å². The smallest absolute Gasteiger partial charge is 0.408 e. The molecule has 44 heavy (non-hydrogen) atoms. The Kier molecular flexibility index (Phi) is 10.9. The minimum Gasteiger partial charge on any atom is -0.444 e. The zero-order valence-electron chi connectivity index (χ0n) is 25.0. The molecular formula is C32H39N7O5. The van der Waals surface area contributed by atoms with Crippen molar-refractivity contribution in [2.75, 3.05) is 0 Å². The molecule has 0 saturated heterocycles. The molecule has 6 N–H and O–H groups in total. The number of carbonyl (C=O) groups excluding carboxylic acids is 3. The number of nitrogens with one attached hydrogen (secondary N) is 5. The summed E-state index contributed by atoms with van der Waals surface area (Å²) in [6, 6.07) is 15.7. The Morgan fingerprint density at radius 2 is 1.45 bits per heavy atom. The number of benzene rings is 2. The quantitative estimate of drug-likeness (QED) is 0.137. The summed E-state index contributed by atoms with van der Waals surface area (Å²) in [4.78, 5) is 54.4. The van der Waals surface area contributed by atoms with E-state index in [0.717, 1.165) is 11.1 Å². The minimum atomic E-state index is -1.16. The number of ether oxygens (including phenoxy) is 1. The lowest BCUT2D eigenvalue weighted by Crippen LogP contribution is -2.57. The molecule has 0 unspecified atom stereocenters. The van der Waals surface area contributed by atoms with E-state index in [0.29, 0.717) is 17.9 Å². The van der Waals surface area contributed by atoms with Crippen LogP contribution in [0.15, 0.2) is 85.6 Å². The number of imidazole rings is 2. The normalized spacial score (nSPS) is 14.1. The van der Waals surface area contributed by atoms with E-state index in [1.807, 2.05) is 60.7 Å². The Bertz CT molecular complexity index is 1460. The molecule has 4 rings (SSSR count). The van der Waals surface area contributed by atoms with E-state index in [9.17, 15) is 19.5 Å². The second-order valence-electron chi connectivity index (χ2n) is 11.4. The summed E-state index contributed by atoms with van der Waals surface area (Å²) in [5, 5.41) is 19.6. The van der Waals surface area contributed by atoms with Crippen molar-refractivity contribution in [3.63, 3.8) is 0 Å². The Labute approximate surface area is 256 Å². The average molecular weight is 602 g/mol. The van der Waals surface area contributed by atoms with Gasteiger partial charge in [-0.25, -0.2) is 14.8 Å². The molecule has 12 heteroatoms. The van der Waals surface area contributed by atoms with Crippen LogP contribution < -0.4 is 16.0 Å². The highest BCUT2D eigenvalue weighted by Crippen LogP contribution is 2.18. The van der Waals surface area contributed by atoms with E-state index in [-0.39, 0.29) is 12.8 Å². The van der Waals surface area contributed by atoms with Crippen LogP contribution in [0.3, 0.4) is 0 Å². The largest absolute Gasteiger partial charge is 0.444 e. The summed E-state index contributed by atoms with van der Waals surface area (Å²) < 4.78 is 5.40. The lowest BCUT2D eigenvalue weighted by Gasteiger charge is -2.28. The number of aliphatic hydroxyl groups excluding tert-OH is 1. The maximum absolute atomic E-state index is 13.9. The fourth-order valence-corrected chi connectivity index (χ4v) is 4.62. The molecule has 2 heterocycles. The van der Waals surface area contributed by atoms with Gasteiger partial charge in [0.15, 0.2) is 0 Å². The number of alkyl carbamates (subject to hydrolysis) is 1. The molecule has 0 fully saturated rings. The number of rotatable bonds is 13. The van der Waals surface area contributed by atoms with Crippen molar-refractivity contribution in [3.05, 3.63) is 108 Å². The SMILES string of the molecule is CC(C)(C)OC(=O)N[C@@H](Cc1ccccc1)C(=O)N[C@@H](Cc1c[nH]cn1)C(=O)N[C@@H](Cc1ccccc1)[C@@H](O)c1ncc[nH]1. The molecule has 0 saturated carbocycles. The van der Waals surface area contributed by atoms with E-state index < -0.39 is 47.7 Å². The Morgan fingerprint density at radius 3 is 2.02 bits per heavy atom. The first-order chi connectivity index (χ1) is 21.1. The highest BCUT2D eigenvalue weighted by molar-refractivity contribution is 5.91. The standard InChI is InChI=1S/C32H39N7O5/c1-32(2,3)44-31(43)39-25(17-22-12-8-5-9-13-22)29(41)38-26(18-23-19-33-20-36-23)30(42)37-24(16-21-10-6-4-7-11-21)27(40)28-34-14-15-35-28/h4-15,19-20,24-27,40H,16-18H2,1-3H3,(H,33,36)(H,34,35)(H,37,42)(H,38,41)(H,39,43)/t24-,25-,26-,27+/m0/s1. The molecule has 3 amide bonds. The van der Waals surface area contributed by atoms with Crippen LogP contribution in [0.1, 0.15) is 49.5 Å². The topological polar surface area (TPSA) is 174 Å². The van der Waals surface area contributed by atoms with Crippen molar-refractivity contribution in [1.82, 2.24) is 35.9 Å². The van der Waals surface area contributed by atoms with E-state index in [1.165, 1.54) is 12.5 Å². The maximum Gasteiger partial charge on any atom is 0.408 e. The molecule has 0 bridgehead atoms. The van der Waals surface area contributed by atoms with Gasteiger partial charge in [-0.1, -0.05) is 60.7 Å². The highest BCUT2D eigenvalue weighted by atomic mass is 16.6. The number of H-pyrrole nitrogens is 2. The van der Waals surface area contributed by atoms with Gasteiger partial charge in [0.1, 0.15) is 29.6 Å². The van der Waals surface area contributed by atoms with Crippen LogP contribution in [0.5, 0.6) is 0 Å². The minimum absolute atomic E-state index is 0.0560. The van der Waals surface area contributed by atoms with Crippen molar-refractivity contribution < 1.29 is 24.2 Å². The summed E-state index contributed by atoms with van der Waals surface area (Å²) >= 11 is 0. The molecule has 2 aromatic heterocycles. The van der Waals surface area contributed by atoms with Gasteiger partial charge >= 0.3 is 6.09 Å². The monoisotopic (exact) mass is 601 g/mol. The van der Waals surface area contributed by atoms with Gasteiger partial charge in [-0.3, -0.25) is 9.59 Å². The van der Waals surface area contributed by atoms with Crippen LogP contribution >= 0.6 is 0 Å². The number of nitrogens with zero attached hydrogens (tertiary/aromatic N) is 2. The summed E-state index contributed by atoms with van der Waals surface area (Å²) in [6.07, 6.45) is 4.82. The van der Waals surface area contributed by atoms with Crippen molar-refractivity contribution in [2.24, 2.45) is 0 Å². The van der Waals surface area contributed by atoms with Gasteiger partial charge < -0.3 is 35.8 Å². The van der Waals surface area contributed by atoms with Gasteiger partial charge in [0.05, 0.1) is 18.1 Å². The summed E-state index contributed by atoms with van der Waals surface area (Å²) in [5.74, 6) is -0.825. The molecule has 12 nitrogen and oxygen atoms in total. The summed E-state index contributed by atoms with van der Waals surface area (Å²) in [7, 11) is 0. The molecule has 0 aliphatic rings. The third-order valence-corrected chi connectivity index (χ3v) is 6.70. The lowest BCUT2D eigenvalue weighted by atomic mass is 9.99. The van der Waals surface area contributed by atoms with E-state index in [4.69, 9.17) is 4.74 Å². The van der Waals surface area contributed by atoms with Gasteiger partial charge in [-0.2, -0.15) is 0 Å². The number of hydrogen-bond acceptors (Lipinski definition) is 7. The molecule has 2 aromatic carbocycles. The predicted octanol–water partition coefficient (Wildman–Crippen LogP) is 2.76. The number of aliphatic hydroxyl groups is 1. The molecule has 4 aromatic rings. The Balaban J connectivity index is 1.56. The fourth-order valence-electron chi connectivity index (χ4n) is 4.62. The molecule has 0 aliphatic carbocycles. The second kappa shape index (κ2) is 15.0. The van der Waals surface area contributed by atoms with E-state index >= 15 is 0 Å². The first-order valence-electron chi connectivity index (χ1n) is 14.4. The van der Waals surface area contributed by atoms with Crippen molar-refractivity contribution >= 4 is 17.9 Å². The number of hydrogen-bond donors (Lipinski definition) is 6. The Morgan fingerprint density at radius 1 is 0.841 bits per heavy atom. The molecule has 0 aliphatic heterocycles.